The van der Waals surface area contributed by atoms with Gasteiger partial charge in [0.25, 0.3) is 0 Å². The van der Waals surface area contributed by atoms with Crippen molar-refractivity contribution in [2.75, 3.05) is 13.2 Å². The molecule has 0 amide bonds. The van der Waals surface area contributed by atoms with Gasteiger partial charge >= 0.3 is 0 Å². The Kier molecular flexibility index (Phi) is 5.00. The van der Waals surface area contributed by atoms with Crippen LogP contribution in [0.4, 0.5) is 0 Å². The summed E-state index contributed by atoms with van der Waals surface area (Å²) in [6.07, 6.45) is 3.55. The van der Waals surface area contributed by atoms with E-state index in [-0.39, 0.29) is 11.7 Å². The van der Waals surface area contributed by atoms with Crippen LogP contribution in [0.2, 0.25) is 0 Å². The minimum atomic E-state index is -0.0369. The summed E-state index contributed by atoms with van der Waals surface area (Å²) in [6, 6.07) is 0. The topological polar surface area (TPSA) is 18.5 Å². The van der Waals surface area contributed by atoms with Crippen LogP contribution in [-0.4, -0.2) is 24.9 Å². The lowest BCUT2D eigenvalue weighted by Crippen LogP contribution is -2.40. The van der Waals surface area contributed by atoms with Crippen molar-refractivity contribution < 1.29 is 9.47 Å². The molecule has 0 heterocycles. The second-order valence-corrected chi connectivity index (χ2v) is 5.11. The number of ether oxygens (including phenoxy) is 2. The molecule has 0 aliphatic heterocycles. The number of rotatable bonds is 5. The Bertz CT molecular complexity index is 233. The summed E-state index contributed by atoms with van der Waals surface area (Å²) in [5.41, 5.74) is 1.22. The van der Waals surface area contributed by atoms with E-state index in [2.05, 4.69) is 27.4 Å². The average Bonchev–Trinajstić information content (AvgIpc) is 2.21. The lowest BCUT2D eigenvalue weighted by atomic mass is 9.76. The molecular formula is C14H26O2. The summed E-state index contributed by atoms with van der Waals surface area (Å²) in [5.74, 6) is 0.578. The van der Waals surface area contributed by atoms with E-state index in [1.807, 2.05) is 6.92 Å². The summed E-state index contributed by atoms with van der Waals surface area (Å²) in [5, 5.41) is 0. The smallest absolute Gasteiger partial charge is 0.0785 e. The molecule has 2 atom stereocenters. The highest BCUT2D eigenvalue weighted by atomic mass is 16.5. The van der Waals surface area contributed by atoms with Crippen LogP contribution >= 0.6 is 0 Å². The number of hydrogen-bond acceptors (Lipinski definition) is 2. The third kappa shape index (κ3) is 3.33. The quantitative estimate of drug-likeness (QED) is 0.667. The van der Waals surface area contributed by atoms with Crippen LogP contribution in [0, 0.1) is 5.92 Å². The Morgan fingerprint density at radius 2 is 2.00 bits per heavy atom. The maximum Gasteiger partial charge on any atom is 0.0785 e. The van der Waals surface area contributed by atoms with E-state index in [4.69, 9.17) is 9.47 Å². The van der Waals surface area contributed by atoms with Crippen LogP contribution in [-0.2, 0) is 9.47 Å². The minimum absolute atomic E-state index is 0.0369. The maximum atomic E-state index is 5.85. The summed E-state index contributed by atoms with van der Waals surface area (Å²) in [6.45, 7) is 14.2. The molecule has 1 fully saturated rings. The second-order valence-electron chi connectivity index (χ2n) is 5.11. The first-order valence-electron chi connectivity index (χ1n) is 6.44. The van der Waals surface area contributed by atoms with Gasteiger partial charge in [0.15, 0.2) is 0 Å². The van der Waals surface area contributed by atoms with Crippen molar-refractivity contribution in [2.24, 2.45) is 5.92 Å². The standard InChI is InChI=1S/C14H26O2/c1-6-15-13-10-12(9-8-11(13)3)14(4,5)16-7-2/h12-13H,3,6-10H2,1-2,4-5H3. The van der Waals surface area contributed by atoms with Gasteiger partial charge in [0.05, 0.1) is 11.7 Å². The highest BCUT2D eigenvalue weighted by molar-refractivity contribution is 5.08. The zero-order valence-corrected chi connectivity index (χ0v) is 11.2. The van der Waals surface area contributed by atoms with Crippen molar-refractivity contribution in [2.45, 2.75) is 58.7 Å². The van der Waals surface area contributed by atoms with E-state index >= 15 is 0 Å². The molecule has 0 bridgehead atoms. The van der Waals surface area contributed by atoms with Crippen molar-refractivity contribution in [3.63, 3.8) is 0 Å². The van der Waals surface area contributed by atoms with Crippen LogP contribution < -0.4 is 0 Å². The maximum absolute atomic E-state index is 5.85. The normalized spacial score (nSPS) is 27.1. The Balaban J connectivity index is 2.60. The van der Waals surface area contributed by atoms with Gasteiger partial charge in [-0.3, -0.25) is 0 Å². The molecular weight excluding hydrogens is 200 g/mol. The molecule has 2 nitrogen and oxygen atoms in total. The first kappa shape index (κ1) is 13.7. The van der Waals surface area contributed by atoms with Crippen molar-refractivity contribution in [3.8, 4) is 0 Å². The molecule has 2 unspecified atom stereocenters. The SMILES string of the molecule is C=C1CCC(C(C)(C)OCC)CC1OCC. The highest BCUT2D eigenvalue weighted by Gasteiger charge is 2.35. The predicted molar refractivity (Wildman–Crippen MR) is 67.6 cm³/mol. The summed E-state index contributed by atoms with van der Waals surface area (Å²) >= 11 is 0. The molecule has 0 aromatic rings. The zero-order chi connectivity index (χ0) is 12.2. The van der Waals surface area contributed by atoms with Gasteiger partial charge in [-0.1, -0.05) is 6.58 Å². The fraction of sp³-hybridized carbons (Fsp3) is 0.857. The summed E-state index contributed by atoms with van der Waals surface area (Å²) in [4.78, 5) is 0. The largest absolute Gasteiger partial charge is 0.376 e. The van der Waals surface area contributed by atoms with E-state index in [0.717, 1.165) is 26.1 Å². The van der Waals surface area contributed by atoms with Crippen LogP contribution in [0.5, 0.6) is 0 Å². The van der Waals surface area contributed by atoms with Gasteiger partial charge in [-0.2, -0.15) is 0 Å². The molecule has 1 saturated carbocycles. The van der Waals surface area contributed by atoms with E-state index in [0.29, 0.717) is 5.92 Å². The molecule has 1 aliphatic rings. The van der Waals surface area contributed by atoms with E-state index in [9.17, 15) is 0 Å². The third-order valence-corrected chi connectivity index (χ3v) is 3.64. The molecule has 0 saturated heterocycles. The van der Waals surface area contributed by atoms with Crippen molar-refractivity contribution in [1.82, 2.24) is 0 Å². The fourth-order valence-electron chi connectivity index (χ4n) is 2.57. The van der Waals surface area contributed by atoms with Crippen LogP contribution in [0.1, 0.15) is 47.0 Å². The highest BCUT2D eigenvalue weighted by Crippen LogP contribution is 2.37. The van der Waals surface area contributed by atoms with Crippen molar-refractivity contribution in [1.29, 1.82) is 0 Å². The molecule has 0 N–H and O–H groups in total. The minimum Gasteiger partial charge on any atom is -0.376 e. The molecule has 0 radical (unpaired) electrons. The second kappa shape index (κ2) is 5.83. The first-order valence-corrected chi connectivity index (χ1v) is 6.44. The molecule has 1 aliphatic carbocycles. The molecule has 16 heavy (non-hydrogen) atoms. The van der Waals surface area contributed by atoms with Gasteiger partial charge in [0.1, 0.15) is 0 Å². The van der Waals surface area contributed by atoms with E-state index < -0.39 is 0 Å². The van der Waals surface area contributed by atoms with E-state index in [1.165, 1.54) is 12.0 Å². The van der Waals surface area contributed by atoms with Crippen LogP contribution in [0.3, 0.4) is 0 Å². The first-order chi connectivity index (χ1) is 7.51. The average molecular weight is 226 g/mol. The third-order valence-electron chi connectivity index (χ3n) is 3.64. The molecule has 0 spiro atoms. The Hall–Kier alpha value is -0.340. The fourth-order valence-corrected chi connectivity index (χ4v) is 2.57. The number of hydrogen-bond donors (Lipinski definition) is 0. The zero-order valence-electron chi connectivity index (χ0n) is 11.2. The van der Waals surface area contributed by atoms with Gasteiger partial charge in [-0.05, 0) is 58.4 Å². The van der Waals surface area contributed by atoms with Gasteiger partial charge in [-0.15, -0.1) is 0 Å². The van der Waals surface area contributed by atoms with Gasteiger partial charge in [-0.25, -0.2) is 0 Å². The Morgan fingerprint density at radius 1 is 1.31 bits per heavy atom. The molecule has 0 aromatic heterocycles. The molecule has 2 heteroatoms. The van der Waals surface area contributed by atoms with E-state index in [1.54, 1.807) is 0 Å². The van der Waals surface area contributed by atoms with Crippen LogP contribution in [0.25, 0.3) is 0 Å². The van der Waals surface area contributed by atoms with Gasteiger partial charge in [0.2, 0.25) is 0 Å². The van der Waals surface area contributed by atoms with Crippen molar-refractivity contribution in [3.05, 3.63) is 12.2 Å². The van der Waals surface area contributed by atoms with Gasteiger partial charge in [0, 0.05) is 13.2 Å². The summed E-state index contributed by atoms with van der Waals surface area (Å²) in [7, 11) is 0. The molecule has 94 valence electrons. The monoisotopic (exact) mass is 226 g/mol. The van der Waals surface area contributed by atoms with Gasteiger partial charge < -0.3 is 9.47 Å². The van der Waals surface area contributed by atoms with Crippen molar-refractivity contribution >= 4 is 0 Å². The molecule has 0 aromatic carbocycles. The lowest BCUT2D eigenvalue weighted by Gasteiger charge is -2.40. The van der Waals surface area contributed by atoms with Crippen LogP contribution in [0.15, 0.2) is 12.2 Å². The summed E-state index contributed by atoms with van der Waals surface area (Å²) < 4.78 is 11.6. The Morgan fingerprint density at radius 3 is 2.56 bits per heavy atom. The predicted octanol–water partition coefficient (Wildman–Crippen LogP) is 3.56. The molecule has 1 rings (SSSR count). The lowest BCUT2D eigenvalue weighted by molar-refractivity contribution is -0.0787. The Labute approximate surface area is 100 Å².